The highest BCUT2D eigenvalue weighted by molar-refractivity contribution is 8.04. The van der Waals surface area contributed by atoms with E-state index in [4.69, 9.17) is 39.5 Å². The molecule has 1 aliphatic heterocycles. The van der Waals surface area contributed by atoms with E-state index in [0.29, 0.717) is 26.4 Å². The van der Waals surface area contributed by atoms with Gasteiger partial charge in [0.1, 0.15) is 22.2 Å². The predicted octanol–water partition coefficient (Wildman–Crippen LogP) is 6.78. The normalized spacial score (nSPS) is 13.7. The molecule has 0 saturated heterocycles. The maximum atomic E-state index is 13.6. The third-order valence-corrected chi connectivity index (χ3v) is 6.51. The number of hydrogen-bond donors (Lipinski definition) is 1. The number of hydrogen-bond acceptors (Lipinski definition) is 5. The molecule has 4 rings (SSSR count). The smallest absolute Gasteiger partial charge is 0.283 e. The molecule has 1 aliphatic rings. The lowest BCUT2D eigenvalue weighted by molar-refractivity contribution is -0.120. The van der Waals surface area contributed by atoms with Crippen molar-refractivity contribution in [2.45, 2.75) is 4.90 Å². The van der Waals surface area contributed by atoms with Gasteiger partial charge in [0.25, 0.3) is 11.8 Å². The summed E-state index contributed by atoms with van der Waals surface area (Å²) in [5, 5.41) is 3.65. The van der Waals surface area contributed by atoms with Gasteiger partial charge in [-0.3, -0.25) is 9.59 Å². The van der Waals surface area contributed by atoms with Crippen LogP contribution in [0.3, 0.4) is 0 Å². The standard InChI is InChI=1S/C23H14Cl3FN2O3S/c1-32-19-9-4-13(25)10-18(19)29-22(30)20(28-14-5-8-17(27)16(26)11-14)21(23(29)31)33-15-6-2-12(24)3-7-15/h2-11,28H,1H3. The molecule has 1 heterocycles. The molecule has 2 amide bonds. The minimum Gasteiger partial charge on any atom is -0.495 e. The number of benzene rings is 3. The summed E-state index contributed by atoms with van der Waals surface area (Å²) >= 11 is 19.1. The van der Waals surface area contributed by atoms with Crippen LogP contribution in [0.25, 0.3) is 0 Å². The first kappa shape index (κ1) is 23.4. The van der Waals surface area contributed by atoms with Gasteiger partial charge in [-0.2, -0.15) is 0 Å². The van der Waals surface area contributed by atoms with E-state index in [-0.39, 0.29) is 21.3 Å². The first-order valence-corrected chi connectivity index (χ1v) is 11.4. The zero-order valence-electron chi connectivity index (χ0n) is 16.9. The first-order chi connectivity index (χ1) is 15.8. The SMILES string of the molecule is COc1ccc(Cl)cc1N1C(=O)C(Nc2ccc(F)c(Cl)c2)=C(Sc2ccc(Cl)cc2)C1=O. The number of carbonyl (C=O) groups excluding carboxylic acids is 2. The third kappa shape index (κ3) is 4.82. The Hall–Kier alpha value is -2.71. The van der Waals surface area contributed by atoms with E-state index in [2.05, 4.69) is 5.32 Å². The van der Waals surface area contributed by atoms with Crippen molar-refractivity contribution in [2.75, 3.05) is 17.3 Å². The summed E-state index contributed by atoms with van der Waals surface area (Å²) in [6, 6.07) is 15.3. The summed E-state index contributed by atoms with van der Waals surface area (Å²) in [4.78, 5) is 28.7. The van der Waals surface area contributed by atoms with Crippen LogP contribution in [-0.2, 0) is 9.59 Å². The number of nitrogens with one attached hydrogen (secondary N) is 1. The average molecular weight is 524 g/mol. The highest BCUT2D eigenvalue weighted by Gasteiger charge is 2.41. The fourth-order valence-corrected chi connectivity index (χ4v) is 4.51. The van der Waals surface area contributed by atoms with E-state index >= 15 is 0 Å². The van der Waals surface area contributed by atoms with Crippen molar-refractivity contribution >= 4 is 69.8 Å². The Labute approximate surface area is 208 Å². The van der Waals surface area contributed by atoms with Crippen molar-refractivity contribution in [3.8, 4) is 5.75 Å². The summed E-state index contributed by atoms with van der Waals surface area (Å²) in [7, 11) is 1.42. The van der Waals surface area contributed by atoms with E-state index in [9.17, 15) is 14.0 Å². The van der Waals surface area contributed by atoms with Crippen LogP contribution in [0.15, 0.2) is 76.2 Å². The Morgan fingerprint density at radius 3 is 2.27 bits per heavy atom. The van der Waals surface area contributed by atoms with E-state index < -0.39 is 17.6 Å². The number of anilines is 2. The van der Waals surface area contributed by atoms with E-state index in [1.807, 2.05) is 0 Å². The van der Waals surface area contributed by atoms with E-state index in [1.165, 1.54) is 25.3 Å². The van der Waals surface area contributed by atoms with Gasteiger partial charge in [0.05, 0.1) is 17.8 Å². The molecule has 5 nitrogen and oxygen atoms in total. The second-order valence-electron chi connectivity index (χ2n) is 6.78. The van der Waals surface area contributed by atoms with Crippen molar-refractivity contribution < 1.29 is 18.7 Å². The highest BCUT2D eigenvalue weighted by atomic mass is 35.5. The highest BCUT2D eigenvalue weighted by Crippen LogP contribution is 2.41. The lowest BCUT2D eigenvalue weighted by Gasteiger charge is -2.18. The summed E-state index contributed by atoms with van der Waals surface area (Å²) in [6.45, 7) is 0. The fourth-order valence-electron chi connectivity index (χ4n) is 3.11. The third-order valence-electron chi connectivity index (χ3n) is 4.65. The second-order valence-corrected chi connectivity index (χ2v) is 9.14. The molecular weight excluding hydrogens is 510 g/mol. The van der Waals surface area contributed by atoms with E-state index in [0.717, 1.165) is 22.7 Å². The van der Waals surface area contributed by atoms with Gasteiger partial charge in [-0.25, -0.2) is 9.29 Å². The molecule has 33 heavy (non-hydrogen) atoms. The number of ether oxygens (including phenoxy) is 1. The molecule has 0 atom stereocenters. The van der Waals surface area contributed by atoms with Crippen LogP contribution in [0, 0.1) is 5.82 Å². The van der Waals surface area contributed by atoms with Crippen molar-refractivity contribution in [3.05, 3.63) is 92.2 Å². The molecular formula is C23H14Cl3FN2O3S. The molecule has 0 aromatic heterocycles. The molecule has 3 aromatic rings. The molecule has 0 bridgehead atoms. The van der Waals surface area contributed by atoms with Gasteiger partial charge >= 0.3 is 0 Å². The quantitative estimate of drug-likeness (QED) is 0.361. The second kappa shape index (κ2) is 9.65. The fraction of sp³-hybridized carbons (Fsp3) is 0.0435. The molecule has 0 radical (unpaired) electrons. The molecule has 0 spiro atoms. The van der Waals surface area contributed by atoms with Crippen LogP contribution in [0.1, 0.15) is 0 Å². The van der Waals surface area contributed by atoms with Gasteiger partial charge in [0.15, 0.2) is 0 Å². The number of amides is 2. The monoisotopic (exact) mass is 522 g/mol. The molecule has 1 N–H and O–H groups in total. The summed E-state index contributed by atoms with van der Waals surface area (Å²) in [5.41, 5.74) is 0.541. The molecule has 0 aliphatic carbocycles. The largest absolute Gasteiger partial charge is 0.495 e. The topological polar surface area (TPSA) is 58.6 Å². The van der Waals surface area contributed by atoms with Crippen molar-refractivity contribution in [3.63, 3.8) is 0 Å². The Balaban J connectivity index is 1.79. The number of halogens is 4. The van der Waals surface area contributed by atoms with Crippen LogP contribution in [-0.4, -0.2) is 18.9 Å². The Kier molecular flexibility index (Phi) is 6.86. The van der Waals surface area contributed by atoms with E-state index in [1.54, 1.807) is 36.4 Å². The summed E-state index contributed by atoms with van der Waals surface area (Å²) in [6.07, 6.45) is 0. The van der Waals surface area contributed by atoms with Gasteiger partial charge in [-0.1, -0.05) is 46.6 Å². The summed E-state index contributed by atoms with van der Waals surface area (Å²) < 4.78 is 18.9. The number of imide groups is 1. The van der Waals surface area contributed by atoms with Gasteiger partial charge in [-0.05, 0) is 60.7 Å². The van der Waals surface area contributed by atoms with Gasteiger partial charge in [-0.15, -0.1) is 0 Å². The predicted molar refractivity (Wildman–Crippen MR) is 130 cm³/mol. The molecule has 0 fully saturated rings. The van der Waals surface area contributed by atoms with Crippen molar-refractivity contribution in [1.82, 2.24) is 0 Å². The van der Waals surface area contributed by atoms with Crippen LogP contribution < -0.4 is 15.0 Å². The lowest BCUT2D eigenvalue weighted by atomic mass is 10.2. The van der Waals surface area contributed by atoms with Crippen LogP contribution in [0.2, 0.25) is 15.1 Å². The van der Waals surface area contributed by atoms with Crippen LogP contribution in [0.5, 0.6) is 5.75 Å². The zero-order chi connectivity index (χ0) is 23.7. The molecule has 10 heteroatoms. The molecule has 3 aromatic carbocycles. The number of rotatable bonds is 6. The van der Waals surface area contributed by atoms with Gasteiger partial charge in [0.2, 0.25) is 0 Å². The Bertz CT molecular complexity index is 1300. The Morgan fingerprint density at radius 1 is 0.909 bits per heavy atom. The summed E-state index contributed by atoms with van der Waals surface area (Å²) in [5.74, 6) is -1.51. The lowest BCUT2D eigenvalue weighted by Crippen LogP contribution is -2.32. The number of methoxy groups -OCH3 is 1. The van der Waals surface area contributed by atoms with Crippen LogP contribution >= 0.6 is 46.6 Å². The van der Waals surface area contributed by atoms with Gasteiger partial charge < -0.3 is 10.1 Å². The first-order valence-electron chi connectivity index (χ1n) is 9.40. The maximum Gasteiger partial charge on any atom is 0.283 e. The number of thioether (sulfide) groups is 1. The number of carbonyl (C=O) groups is 2. The van der Waals surface area contributed by atoms with Crippen molar-refractivity contribution in [1.29, 1.82) is 0 Å². The number of nitrogens with zero attached hydrogens (tertiary/aromatic N) is 1. The van der Waals surface area contributed by atoms with Crippen molar-refractivity contribution in [2.24, 2.45) is 0 Å². The zero-order valence-corrected chi connectivity index (χ0v) is 19.9. The van der Waals surface area contributed by atoms with Gasteiger partial charge in [0, 0.05) is 20.6 Å². The molecule has 0 saturated carbocycles. The molecule has 0 unspecified atom stereocenters. The average Bonchev–Trinajstić information content (AvgIpc) is 3.01. The minimum absolute atomic E-state index is 0.00431. The molecule has 168 valence electrons. The maximum absolute atomic E-state index is 13.6. The van der Waals surface area contributed by atoms with Crippen LogP contribution in [0.4, 0.5) is 15.8 Å². The minimum atomic E-state index is -0.627. The Morgan fingerprint density at radius 2 is 1.61 bits per heavy atom.